The predicted octanol–water partition coefficient (Wildman–Crippen LogP) is 12.6. The van der Waals surface area contributed by atoms with Gasteiger partial charge in [-0.25, -0.2) is 0 Å². The van der Waals surface area contributed by atoms with E-state index in [0.29, 0.717) is 5.92 Å². The number of hydrogen-bond acceptors (Lipinski definition) is 1. The molecule has 0 amide bonds. The van der Waals surface area contributed by atoms with Crippen molar-refractivity contribution < 1.29 is 4.74 Å². The van der Waals surface area contributed by atoms with Crippen molar-refractivity contribution in [2.45, 2.75) is 39.5 Å². The van der Waals surface area contributed by atoms with E-state index in [0.717, 1.165) is 12.2 Å². The van der Waals surface area contributed by atoms with E-state index in [-0.39, 0.29) is 5.41 Å². The maximum atomic E-state index is 5.44. The lowest BCUT2D eigenvalue weighted by atomic mass is 9.80. The van der Waals surface area contributed by atoms with Crippen molar-refractivity contribution in [3.05, 3.63) is 138 Å². The van der Waals surface area contributed by atoms with E-state index in [2.05, 4.69) is 143 Å². The SMILES string of the molecule is COc1ccc2cc(-c3ccc4c(c3)C(C)(C)c3cc(-c5ccc6ccc7cc(CC(C)C)cc8ccc5c6c78)ccc3-4)ccc2c1. The molecule has 0 fully saturated rings. The van der Waals surface area contributed by atoms with E-state index < -0.39 is 0 Å². The molecule has 0 radical (unpaired) electrons. The second kappa shape index (κ2) is 10.2. The van der Waals surface area contributed by atoms with Crippen LogP contribution >= 0.6 is 0 Å². The molecule has 8 aromatic rings. The van der Waals surface area contributed by atoms with Crippen LogP contribution in [0.5, 0.6) is 5.75 Å². The zero-order valence-electron chi connectivity index (χ0n) is 27.7. The van der Waals surface area contributed by atoms with Gasteiger partial charge in [0.1, 0.15) is 5.75 Å². The third-order valence-electron chi connectivity index (χ3n) is 10.7. The molecule has 0 N–H and O–H groups in total. The monoisotopic (exact) mass is 606 g/mol. The van der Waals surface area contributed by atoms with Crippen molar-refractivity contribution in [3.63, 3.8) is 0 Å². The van der Waals surface area contributed by atoms with Gasteiger partial charge in [0.05, 0.1) is 7.11 Å². The molecule has 0 spiro atoms. The Labute approximate surface area is 276 Å². The summed E-state index contributed by atoms with van der Waals surface area (Å²) < 4.78 is 5.44. The molecule has 1 nitrogen and oxygen atoms in total. The fourth-order valence-corrected chi connectivity index (χ4v) is 8.34. The lowest BCUT2D eigenvalue weighted by molar-refractivity contribution is 0.415. The van der Waals surface area contributed by atoms with Crippen LogP contribution in [0.25, 0.3) is 76.5 Å². The van der Waals surface area contributed by atoms with E-state index >= 15 is 0 Å². The Bertz CT molecular complexity index is 2510. The third kappa shape index (κ3) is 4.29. The largest absolute Gasteiger partial charge is 0.497 e. The zero-order valence-corrected chi connectivity index (χ0v) is 27.7. The first kappa shape index (κ1) is 28.1. The van der Waals surface area contributed by atoms with Gasteiger partial charge in [0.15, 0.2) is 0 Å². The van der Waals surface area contributed by atoms with Gasteiger partial charge in [-0.1, -0.05) is 119 Å². The van der Waals surface area contributed by atoms with Crippen LogP contribution in [0.1, 0.15) is 44.4 Å². The summed E-state index contributed by atoms with van der Waals surface area (Å²) in [6, 6.07) is 46.0. The average molecular weight is 607 g/mol. The van der Waals surface area contributed by atoms with Crippen molar-refractivity contribution in [1.29, 1.82) is 0 Å². The standard InChI is InChI=1S/C46H38O/c1-27(2)20-28-21-35-9-6-29-11-16-38(41-19-14-36(22-28)44(35)45(29)41)34-13-18-40-39-17-12-33(25-42(39)46(3,4)43(40)26-34)30-7-8-32-24-37(47-5)15-10-31(32)23-30/h6-19,21-27H,20H2,1-5H3. The first-order valence-corrected chi connectivity index (χ1v) is 16.9. The van der Waals surface area contributed by atoms with Crippen LogP contribution in [0.3, 0.4) is 0 Å². The highest BCUT2D eigenvalue weighted by Crippen LogP contribution is 2.51. The fraction of sp³-hybridized carbons (Fsp3) is 0.174. The van der Waals surface area contributed by atoms with E-state index in [1.54, 1.807) is 7.11 Å². The van der Waals surface area contributed by atoms with E-state index in [4.69, 9.17) is 4.74 Å². The fourth-order valence-electron chi connectivity index (χ4n) is 8.34. The summed E-state index contributed by atoms with van der Waals surface area (Å²) in [6.45, 7) is 9.37. The van der Waals surface area contributed by atoms with Crippen LogP contribution in [0, 0.1) is 5.92 Å². The van der Waals surface area contributed by atoms with Crippen LogP contribution in [-0.4, -0.2) is 7.11 Å². The maximum Gasteiger partial charge on any atom is 0.119 e. The molecule has 0 atom stereocenters. The molecular formula is C46H38O. The van der Waals surface area contributed by atoms with E-state index in [9.17, 15) is 0 Å². The predicted molar refractivity (Wildman–Crippen MR) is 201 cm³/mol. The number of methoxy groups -OCH3 is 1. The van der Waals surface area contributed by atoms with Gasteiger partial charge >= 0.3 is 0 Å². The molecule has 1 heteroatoms. The Morgan fingerprint density at radius 2 is 1.06 bits per heavy atom. The maximum absolute atomic E-state index is 5.44. The Balaban J connectivity index is 1.14. The summed E-state index contributed by atoms with van der Waals surface area (Å²) in [5, 5.41) is 10.5. The van der Waals surface area contributed by atoms with Gasteiger partial charge in [-0.05, 0) is 136 Å². The minimum atomic E-state index is -0.114. The van der Waals surface area contributed by atoms with Gasteiger partial charge < -0.3 is 4.74 Å². The molecule has 0 aliphatic heterocycles. The van der Waals surface area contributed by atoms with Crippen molar-refractivity contribution in [2.75, 3.05) is 7.11 Å². The minimum absolute atomic E-state index is 0.114. The Morgan fingerprint density at radius 3 is 1.81 bits per heavy atom. The van der Waals surface area contributed by atoms with Gasteiger partial charge in [-0.2, -0.15) is 0 Å². The number of hydrogen-bond donors (Lipinski definition) is 0. The van der Waals surface area contributed by atoms with Crippen molar-refractivity contribution in [1.82, 2.24) is 0 Å². The first-order chi connectivity index (χ1) is 22.8. The van der Waals surface area contributed by atoms with Crippen molar-refractivity contribution in [2.24, 2.45) is 5.92 Å². The van der Waals surface area contributed by atoms with Crippen molar-refractivity contribution >= 4 is 43.1 Å². The highest BCUT2D eigenvalue weighted by molar-refractivity contribution is 6.25. The van der Waals surface area contributed by atoms with E-state index in [1.807, 2.05) is 6.07 Å². The van der Waals surface area contributed by atoms with Crippen molar-refractivity contribution in [3.8, 4) is 39.1 Å². The lowest BCUT2D eigenvalue weighted by Gasteiger charge is -2.23. The molecule has 1 aliphatic rings. The van der Waals surface area contributed by atoms with Gasteiger partial charge in [0.25, 0.3) is 0 Å². The summed E-state index contributed by atoms with van der Waals surface area (Å²) in [4.78, 5) is 0. The quantitative estimate of drug-likeness (QED) is 0.177. The normalized spacial score (nSPS) is 13.7. The van der Waals surface area contributed by atoms with E-state index in [1.165, 1.54) is 93.2 Å². The zero-order chi connectivity index (χ0) is 32.0. The molecule has 9 rings (SSSR count). The molecule has 8 aromatic carbocycles. The Morgan fingerprint density at radius 1 is 0.511 bits per heavy atom. The lowest BCUT2D eigenvalue weighted by Crippen LogP contribution is -2.15. The molecule has 0 bridgehead atoms. The summed E-state index contributed by atoms with van der Waals surface area (Å²) >= 11 is 0. The van der Waals surface area contributed by atoms with Gasteiger partial charge in [0.2, 0.25) is 0 Å². The Kier molecular flexibility index (Phi) is 6.09. The van der Waals surface area contributed by atoms with Crippen LogP contribution in [0.15, 0.2) is 121 Å². The van der Waals surface area contributed by atoms with Gasteiger partial charge in [-0.3, -0.25) is 0 Å². The molecule has 0 unspecified atom stereocenters. The highest BCUT2D eigenvalue weighted by atomic mass is 16.5. The molecule has 0 aromatic heterocycles. The summed E-state index contributed by atoms with van der Waals surface area (Å²) in [5.74, 6) is 1.53. The first-order valence-electron chi connectivity index (χ1n) is 16.9. The van der Waals surface area contributed by atoms with Crippen LogP contribution in [0.4, 0.5) is 0 Å². The molecule has 0 saturated heterocycles. The summed E-state index contributed by atoms with van der Waals surface area (Å²) in [6.07, 6.45) is 1.11. The molecular weight excluding hydrogens is 569 g/mol. The number of rotatable bonds is 5. The topological polar surface area (TPSA) is 9.23 Å². The summed E-state index contributed by atoms with van der Waals surface area (Å²) in [5.41, 5.74) is 11.9. The smallest absolute Gasteiger partial charge is 0.119 e. The molecule has 0 saturated carbocycles. The van der Waals surface area contributed by atoms with Crippen LogP contribution < -0.4 is 4.74 Å². The minimum Gasteiger partial charge on any atom is -0.497 e. The number of ether oxygens (including phenoxy) is 1. The molecule has 0 heterocycles. The highest BCUT2D eigenvalue weighted by Gasteiger charge is 2.36. The third-order valence-corrected chi connectivity index (χ3v) is 10.7. The van der Waals surface area contributed by atoms with Gasteiger partial charge in [-0.15, -0.1) is 0 Å². The van der Waals surface area contributed by atoms with Crippen LogP contribution in [-0.2, 0) is 11.8 Å². The Hall–Kier alpha value is -5.14. The second-order valence-electron chi connectivity index (χ2n) is 14.5. The second-order valence-corrected chi connectivity index (χ2v) is 14.5. The van der Waals surface area contributed by atoms with Crippen LogP contribution in [0.2, 0.25) is 0 Å². The average Bonchev–Trinajstić information content (AvgIpc) is 3.31. The summed E-state index contributed by atoms with van der Waals surface area (Å²) in [7, 11) is 1.72. The molecule has 47 heavy (non-hydrogen) atoms. The number of fused-ring (bicyclic) bond motifs is 4. The van der Waals surface area contributed by atoms with Gasteiger partial charge in [0, 0.05) is 5.41 Å². The molecule has 228 valence electrons. The molecule has 1 aliphatic carbocycles. The number of benzene rings is 8.